The molecule has 5 nitrogen and oxygen atoms in total. The lowest BCUT2D eigenvalue weighted by Gasteiger charge is -2.21. The van der Waals surface area contributed by atoms with E-state index in [0.717, 1.165) is 16.8 Å². The summed E-state index contributed by atoms with van der Waals surface area (Å²) in [4.78, 5) is 12.2. The molecule has 0 radical (unpaired) electrons. The fourth-order valence-corrected chi connectivity index (χ4v) is 3.56. The molecule has 1 saturated carbocycles. The molecule has 0 N–H and O–H groups in total. The van der Waals surface area contributed by atoms with Gasteiger partial charge >= 0.3 is 0 Å². The van der Waals surface area contributed by atoms with Crippen LogP contribution >= 0.6 is 0 Å². The molecule has 0 bridgehead atoms. The van der Waals surface area contributed by atoms with Crippen LogP contribution in [0.15, 0.2) is 58.0 Å². The Morgan fingerprint density at radius 3 is 2.64 bits per heavy atom. The highest BCUT2D eigenvalue weighted by Crippen LogP contribution is 2.30. The van der Waals surface area contributed by atoms with Gasteiger partial charge in [-0.25, -0.2) is 4.68 Å². The summed E-state index contributed by atoms with van der Waals surface area (Å²) in [7, 11) is 0. The summed E-state index contributed by atoms with van der Waals surface area (Å²) in [6, 6.07) is 13.2. The monoisotopic (exact) mass is 335 g/mol. The van der Waals surface area contributed by atoms with E-state index in [0.29, 0.717) is 18.2 Å². The van der Waals surface area contributed by atoms with E-state index < -0.39 is 0 Å². The van der Waals surface area contributed by atoms with E-state index in [9.17, 15) is 4.79 Å². The standard InChI is InChI=1S/C20H21N3O2/c24-19-12-11-18(22-23(19)14-15-7-3-1-4-8-15)17-13-21-25-20(17)16-9-5-2-6-10-16/h2,5-6,9-13,15H,1,3-4,7-8,14H2. The Kier molecular flexibility index (Phi) is 4.46. The molecule has 0 aliphatic heterocycles. The lowest BCUT2D eigenvalue weighted by atomic mass is 9.89. The summed E-state index contributed by atoms with van der Waals surface area (Å²) in [5.41, 5.74) is 2.42. The molecular formula is C20H21N3O2. The van der Waals surface area contributed by atoms with E-state index in [-0.39, 0.29) is 5.56 Å². The van der Waals surface area contributed by atoms with Crippen LogP contribution in [-0.4, -0.2) is 14.9 Å². The maximum Gasteiger partial charge on any atom is 0.266 e. The van der Waals surface area contributed by atoms with Crippen molar-refractivity contribution >= 4 is 0 Å². The lowest BCUT2D eigenvalue weighted by molar-refractivity contribution is 0.303. The quantitative estimate of drug-likeness (QED) is 0.719. The van der Waals surface area contributed by atoms with Crippen LogP contribution in [0.25, 0.3) is 22.6 Å². The number of hydrogen-bond donors (Lipinski definition) is 0. The maximum atomic E-state index is 12.2. The molecule has 0 amide bonds. The molecule has 1 aromatic carbocycles. The van der Waals surface area contributed by atoms with Crippen molar-refractivity contribution in [1.29, 1.82) is 0 Å². The van der Waals surface area contributed by atoms with Gasteiger partial charge in [0.05, 0.1) is 17.5 Å². The average molecular weight is 335 g/mol. The maximum absolute atomic E-state index is 12.2. The van der Waals surface area contributed by atoms with Crippen LogP contribution in [0.4, 0.5) is 0 Å². The van der Waals surface area contributed by atoms with Crippen LogP contribution in [0.3, 0.4) is 0 Å². The number of rotatable bonds is 4. The SMILES string of the molecule is O=c1ccc(-c2cnoc2-c2ccccc2)nn1CC1CCCCC1. The van der Waals surface area contributed by atoms with Crippen molar-refractivity contribution in [2.24, 2.45) is 5.92 Å². The molecule has 1 fully saturated rings. The second kappa shape index (κ2) is 7.05. The Morgan fingerprint density at radius 2 is 1.84 bits per heavy atom. The van der Waals surface area contributed by atoms with Crippen LogP contribution in [0.2, 0.25) is 0 Å². The predicted octanol–water partition coefficient (Wildman–Crippen LogP) is 4.15. The molecular weight excluding hydrogens is 314 g/mol. The minimum absolute atomic E-state index is 0.0490. The first-order valence-corrected chi connectivity index (χ1v) is 8.90. The van der Waals surface area contributed by atoms with E-state index in [1.165, 1.54) is 32.1 Å². The summed E-state index contributed by atoms with van der Waals surface area (Å²) < 4.78 is 7.05. The highest BCUT2D eigenvalue weighted by molar-refractivity contribution is 5.76. The molecule has 3 aromatic rings. The molecule has 25 heavy (non-hydrogen) atoms. The molecule has 1 aliphatic rings. The molecule has 4 rings (SSSR count). The van der Waals surface area contributed by atoms with E-state index in [4.69, 9.17) is 4.52 Å². The van der Waals surface area contributed by atoms with Gasteiger partial charge in [0.15, 0.2) is 5.76 Å². The van der Waals surface area contributed by atoms with Crippen molar-refractivity contribution in [3.8, 4) is 22.6 Å². The van der Waals surface area contributed by atoms with Crippen molar-refractivity contribution in [1.82, 2.24) is 14.9 Å². The van der Waals surface area contributed by atoms with E-state index in [2.05, 4.69) is 10.3 Å². The normalized spacial score (nSPS) is 15.4. The van der Waals surface area contributed by atoms with E-state index >= 15 is 0 Å². The first-order valence-electron chi connectivity index (χ1n) is 8.90. The van der Waals surface area contributed by atoms with Crippen LogP contribution in [0, 0.1) is 5.92 Å². The van der Waals surface area contributed by atoms with Crippen molar-refractivity contribution < 1.29 is 4.52 Å². The first-order chi connectivity index (χ1) is 12.3. The third-order valence-electron chi connectivity index (χ3n) is 4.90. The molecule has 2 aromatic heterocycles. The summed E-state index contributed by atoms with van der Waals surface area (Å²) in [5.74, 6) is 1.22. The number of aromatic nitrogens is 3. The molecule has 0 spiro atoms. The van der Waals surface area contributed by atoms with Crippen molar-refractivity contribution in [2.75, 3.05) is 0 Å². The number of hydrogen-bond acceptors (Lipinski definition) is 4. The second-order valence-corrected chi connectivity index (χ2v) is 6.68. The Hall–Kier alpha value is -2.69. The van der Waals surface area contributed by atoms with Gasteiger partial charge in [-0.3, -0.25) is 4.79 Å². The van der Waals surface area contributed by atoms with Crippen LogP contribution in [0.1, 0.15) is 32.1 Å². The van der Waals surface area contributed by atoms with Gasteiger partial charge in [0.25, 0.3) is 5.56 Å². The van der Waals surface area contributed by atoms with Crippen LogP contribution in [0.5, 0.6) is 0 Å². The molecule has 0 atom stereocenters. The summed E-state index contributed by atoms with van der Waals surface area (Å²) in [6.07, 6.45) is 7.84. The zero-order chi connectivity index (χ0) is 17.1. The average Bonchev–Trinajstić information content (AvgIpc) is 3.15. The Morgan fingerprint density at radius 1 is 1.04 bits per heavy atom. The number of nitrogens with zero attached hydrogens (tertiary/aromatic N) is 3. The smallest absolute Gasteiger partial charge is 0.266 e. The highest BCUT2D eigenvalue weighted by atomic mass is 16.5. The van der Waals surface area contributed by atoms with Gasteiger partial charge in [-0.2, -0.15) is 5.10 Å². The fraction of sp³-hybridized carbons (Fsp3) is 0.350. The van der Waals surface area contributed by atoms with Gasteiger partial charge in [0.1, 0.15) is 0 Å². The predicted molar refractivity (Wildman–Crippen MR) is 96.0 cm³/mol. The van der Waals surface area contributed by atoms with Gasteiger partial charge < -0.3 is 4.52 Å². The van der Waals surface area contributed by atoms with Crippen LogP contribution in [-0.2, 0) is 6.54 Å². The Balaban J connectivity index is 1.67. The third-order valence-corrected chi connectivity index (χ3v) is 4.90. The zero-order valence-corrected chi connectivity index (χ0v) is 14.1. The van der Waals surface area contributed by atoms with Gasteiger partial charge in [-0.05, 0) is 24.8 Å². The van der Waals surface area contributed by atoms with Gasteiger partial charge in [-0.1, -0.05) is 54.8 Å². The second-order valence-electron chi connectivity index (χ2n) is 6.68. The Labute approximate surface area is 146 Å². The van der Waals surface area contributed by atoms with Gasteiger partial charge in [0.2, 0.25) is 0 Å². The molecule has 5 heteroatoms. The van der Waals surface area contributed by atoms with E-state index in [1.54, 1.807) is 23.0 Å². The highest BCUT2D eigenvalue weighted by Gasteiger charge is 2.18. The van der Waals surface area contributed by atoms with E-state index in [1.807, 2.05) is 30.3 Å². The summed E-state index contributed by atoms with van der Waals surface area (Å²) in [6.45, 7) is 0.693. The summed E-state index contributed by atoms with van der Waals surface area (Å²) >= 11 is 0. The lowest BCUT2D eigenvalue weighted by Crippen LogP contribution is -2.27. The molecule has 2 heterocycles. The van der Waals surface area contributed by atoms with Crippen molar-refractivity contribution in [3.05, 3.63) is 59.0 Å². The minimum atomic E-state index is -0.0490. The summed E-state index contributed by atoms with van der Waals surface area (Å²) in [5, 5.41) is 8.54. The zero-order valence-electron chi connectivity index (χ0n) is 14.1. The van der Waals surface area contributed by atoms with Gasteiger partial charge in [-0.15, -0.1) is 0 Å². The largest absolute Gasteiger partial charge is 0.356 e. The van der Waals surface area contributed by atoms with Crippen LogP contribution < -0.4 is 5.56 Å². The fourth-order valence-electron chi connectivity index (χ4n) is 3.56. The topological polar surface area (TPSA) is 60.9 Å². The Bertz CT molecular complexity index is 893. The number of benzene rings is 1. The molecule has 0 unspecified atom stereocenters. The minimum Gasteiger partial charge on any atom is -0.356 e. The van der Waals surface area contributed by atoms with Gasteiger partial charge in [0, 0.05) is 18.2 Å². The molecule has 128 valence electrons. The third kappa shape index (κ3) is 3.40. The molecule has 1 aliphatic carbocycles. The van der Waals surface area contributed by atoms with Crippen molar-refractivity contribution in [2.45, 2.75) is 38.6 Å². The molecule has 0 saturated heterocycles. The van der Waals surface area contributed by atoms with Crippen molar-refractivity contribution in [3.63, 3.8) is 0 Å². The first kappa shape index (κ1) is 15.8.